The second kappa shape index (κ2) is 6.09. The van der Waals surface area contributed by atoms with Crippen LogP contribution in [0.3, 0.4) is 0 Å². The first-order valence-corrected chi connectivity index (χ1v) is 9.42. The molecule has 0 atom stereocenters. The summed E-state index contributed by atoms with van der Waals surface area (Å²) in [5.74, 6) is 0.372. The standard InChI is InChI=1S/C17H15FN2OS2/c18-11-5-7-13(8-6-11)22-10-12-9-16(21)20-14-3-1-2-4-15(14)23-17(20)19-12/h5-9H,1-4,10H2. The van der Waals surface area contributed by atoms with Crippen LogP contribution < -0.4 is 5.56 Å². The van der Waals surface area contributed by atoms with E-state index in [9.17, 15) is 9.18 Å². The predicted molar refractivity (Wildman–Crippen MR) is 91.9 cm³/mol. The molecule has 2 heterocycles. The highest BCUT2D eigenvalue weighted by atomic mass is 32.2. The molecule has 118 valence electrons. The van der Waals surface area contributed by atoms with Crippen molar-refractivity contribution in [3.05, 3.63) is 62.8 Å². The number of hydrogen-bond donors (Lipinski definition) is 0. The Morgan fingerprint density at radius 1 is 1.22 bits per heavy atom. The van der Waals surface area contributed by atoms with Crippen molar-refractivity contribution in [2.24, 2.45) is 0 Å². The van der Waals surface area contributed by atoms with Crippen LogP contribution in [0.1, 0.15) is 29.1 Å². The number of halogens is 1. The van der Waals surface area contributed by atoms with Crippen LogP contribution >= 0.6 is 23.1 Å². The number of hydrogen-bond acceptors (Lipinski definition) is 4. The Hall–Kier alpha value is -1.66. The minimum atomic E-state index is -0.240. The maximum Gasteiger partial charge on any atom is 0.259 e. The molecule has 3 aromatic rings. The minimum Gasteiger partial charge on any atom is -0.269 e. The summed E-state index contributed by atoms with van der Waals surface area (Å²) in [6.45, 7) is 0. The van der Waals surface area contributed by atoms with Crippen LogP contribution in [-0.4, -0.2) is 9.38 Å². The van der Waals surface area contributed by atoms with E-state index >= 15 is 0 Å². The Balaban J connectivity index is 1.63. The first-order chi connectivity index (χ1) is 11.2. The quantitative estimate of drug-likeness (QED) is 0.671. The zero-order chi connectivity index (χ0) is 15.8. The zero-order valence-electron chi connectivity index (χ0n) is 12.4. The molecule has 0 spiro atoms. The van der Waals surface area contributed by atoms with Gasteiger partial charge in [0.2, 0.25) is 0 Å². The summed E-state index contributed by atoms with van der Waals surface area (Å²) in [5, 5.41) is 0. The monoisotopic (exact) mass is 346 g/mol. The van der Waals surface area contributed by atoms with Crippen LogP contribution in [0.15, 0.2) is 40.0 Å². The summed E-state index contributed by atoms with van der Waals surface area (Å²) in [6, 6.07) is 8.01. The molecule has 0 N–H and O–H groups in total. The lowest BCUT2D eigenvalue weighted by Gasteiger charge is -2.10. The Morgan fingerprint density at radius 3 is 2.83 bits per heavy atom. The molecule has 4 rings (SSSR count). The van der Waals surface area contributed by atoms with E-state index in [0.29, 0.717) is 5.75 Å². The fourth-order valence-electron chi connectivity index (χ4n) is 2.90. The van der Waals surface area contributed by atoms with Crippen LogP contribution in [0.4, 0.5) is 4.39 Å². The number of aryl methyl sites for hydroxylation is 2. The summed E-state index contributed by atoms with van der Waals surface area (Å²) in [4.78, 5) is 20.2. The topological polar surface area (TPSA) is 34.4 Å². The molecule has 1 aliphatic rings. The van der Waals surface area contributed by atoms with Gasteiger partial charge >= 0.3 is 0 Å². The molecular weight excluding hydrogens is 331 g/mol. The molecule has 0 saturated heterocycles. The summed E-state index contributed by atoms with van der Waals surface area (Å²) in [7, 11) is 0. The van der Waals surface area contributed by atoms with E-state index in [4.69, 9.17) is 0 Å². The molecule has 0 unspecified atom stereocenters. The Bertz CT molecular complexity index is 915. The largest absolute Gasteiger partial charge is 0.269 e. The van der Waals surface area contributed by atoms with Crippen molar-refractivity contribution in [3.63, 3.8) is 0 Å². The molecule has 23 heavy (non-hydrogen) atoms. The molecule has 3 nitrogen and oxygen atoms in total. The Kier molecular flexibility index (Phi) is 3.95. The number of rotatable bonds is 3. The molecule has 0 amide bonds. The van der Waals surface area contributed by atoms with E-state index in [1.807, 2.05) is 0 Å². The highest BCUT2D eigenvalue weighted by molar-refractivity contribution is 7.98. The molecule has 2 aromatic heterocycles. The van der Waals surface area contributed by atoms with Gasteiger partial charge in [-0.25, -0.2) is 9.37 Å². The highest BCUT2D eigenvalue weighted by Crippen LogP contribution is 2.29. The van der Waals surface area contributed by atoms with E-state index in [1.165, 1.54) is 23.4 Å². The normalized spacial score (nSPS) is 14.1. The molecular formula is C17H15FN2OS2. The average molecular weight is 346 g/mol. The fraction of sp³-hybridized carbons (Fsp3) is 0.294. The molecule has 0 aliphatic heterocycles. The number of nitrogens with zero attached hydrogens (tertiary/aromatic N) is 2. The van der Waals surface area contributed by atoms with Crippen molar-refractivity contribution < 1.29 is 4.39 Å². The van der Waals surface area contributed by atoms with Crippen LogP contribution in [0.5, 0.6) is 0 Å². The molecule has 0 bridgehead atoms. The highest BCUT2D eigenvalue weighted by Gasteiger charge is 2.18. The third-order valence-electron chi connectivity index (χ3n) is 4.02. The van der Waals surface area contributed by atoms with Gasteiger partial charge in [0.15, 0.2) is 4.96 Å². The van der Waals surface area contributed by atoms with E-state index in [2.05, 4.69) is 4.98 Å². The van der Waals surface area contributed by atoms with E-state index in [0.717, 1.165) is 40.5 Å². The van der Waals surface area contributed by atoms with E-state index in [1.54, 1.807) is 45.7 Å². The predicted octanol–water partition coefficient (Wildman–Crippen LogP) is 4.07. The molecule has 0 fully saturated rings. The first-order valence-electron chi connectivity index (χ1n) is 7.62. The molecule has 6 heteroatoms. The third kappa shape index (κ3) is 2.93. The maximum absolute atomic E-state index is 12.9. The van der Waals surface area contributed by atoms with Gasteiger partial charge in [-0.3, -0.25) is 9.20 Å². The smallest absolute Gasteiger partial charge is 0.259 e. The van der Waals surface area contributed by atoms with E-state index < -0.39 is 0 Å². The SMILES string of the molecule is O=c1cc(CSc2ccc(F)cc2)nc2sc3c(n12)CCCC3. The van der Waals surface area contributed by atoms with Gasteiger partial charge in [-0.2, -0.15) is 0 Å². The number of thioether (sulfide) groups is 1. The fourth-order valence-corrected chi connectivity index (χ4v) is 4.93. The van der Waals surface area contributed by atoms with Gasteiger partial charge in [-0.05, 0) is 49.9 Å². The zero-order valence-corrected chi connectivity index (χ0v) is 14.1. The number of thiazole rings is 1. The molecule has 0 saturated carbocycles. The van der Waals surface area contributed by atoms with Crippen molar-refractivity contribution in [2.45, 2.75) is 36.3 Å². The van der Waals surface area contributed by atoms with Gasteiger partial charge < -0.3 is 0 Å². The number of fused-ring (bicyclic) bond motifs is 3. The van der Waals surface area contributed by atoms with Crippen molar-refractivity contribution in [2.75, 3.05) is 0 Å². The maximum atomic E-state index is 12.9. The average Bonchev–Trinajstić information content (AvgIpc) is 2.93. The van der Waals surface area contributed by atoms with Crippen LogP contribution in [-0.2, 0) is 18.6 Å². The van der Waals surface area contributed by atoms with Crippen molar-refractivity contribution in [1.82, 2.24) is 9.38 Å². The Labute approximate surface area is 141 Å². The lowest BCUT2D eigenvalue weighted by molar-refractivity contribution is 0.626. The first kappa shape index (κ1) is 14.9. The summed E-state index contributed by atoms with van der Waals surface area (Å²) >= 11 is 3.21. The summed E-state index contributed by atoms with van der Waals surface area (Å²) in [6.07, 6.45) is 4.37. The lowest BCUT2D eigenvalue weighted by atomic mass is 10.0. The lowest BCUT2D eigenvalue weighted by Crippen LogP contribution is -2.17. The van der Waals surface area contributed by atoms with Gasteiger partial charge in [-0.15, -0.1) is 23.1 Å². The van der Waals surface area contributed by atoms with Crippen molar-refractivity contribution in [1.29, 1.82) is 0 Å². The number of benzene rings is 1. The Morgan fingerprint density at radius 2 is 2.00 bits per heavy atom. The van der Waals surface area contributed by atoms with Crippen LogP contribution in [0, 0.1) is 5.82 Å². The van der Waals surface area contributed by atoms with Gasteiger partial charge in [0.25, 0.3) is 5.56 Å². The second-order valence-electron chi connectivity index (χ2n) is 5.63. The molecule has 1 aromatic carbocycles. The second-order valence-corrected chi connectivity index (χ2v) is 7.74. The molecule has 0 radical (unpaired) electrons. The van der Waals surface area contributed by atoms with Crippen molar-refractivity contribution in [3.8, 4) is 0 Å². The minimum absolute atomic E-state index is 0.0177. The van der Waals surface area contributed by atoms with E-state index in [-0.39, 0.29) is 11.4 Å². The van der Waals surface area contributed by atoms with Crippen LogP contribution in [0.25, 0.3) is 4.96 Å². The summed E-state index contributed by atoms with van der Waals surface area (Å²) < 4.78 is 14.7. The van der Waals surface area contributed by atoms with Gasteiger partial charge in [0.05, 0.1) is 5.69 Å². The number of aromatic nitrogens is 2. The van der Waals surface area contributed by atoms with Crippen LogP contribution in [0.2, 0.25) is 0 Å². The third-order valence-corrected chi connectivity index (χ3v) is 6.20. The molecule has 1 aliphatic carbocycles. The summed E-state index contributed by atoms with van der Waals surface area (Å²) in [5.41, 5.74) is 1.96. The van der Waals surface area contributed by atoms with Gasteiger partial charge in [-0.1, -0.05) is 0 Å². The van der Waals surface area contributed by atoms with Gasteiger partial charge in [0.1, 0.15) is 5.82 Å². The van der Waals surface area contributed by atoms with Gasteiger partial charge in [0, 0.05) is 27.3 Å². The van der Waals surface area contributed by atoms with Crippen molar-refractivity contribution >= 4 is 28.1 Å².